The van der Waals surface area contributed by atoms with Gasteiger partial charge >= 0.3 is 11.9 Å². The van der Waals surface area contributed by atoms with Crippen LogP contribution in [-0.4, -0.2) is 96.0 Å². The maximum absolute atomic E-state index is 12.8. The molecule has 4 N–H and O–H groups in total. The summed E-state index contributed by atoms with van der Waals surface area (Å²) in [4.78, 5) is 25.4. The minimum Gasteiger partial charge on any atom is -0.462 e. The van der Waals surface area contributed by atoms with E-state index in [4.69, 9.17) is 18.9 Å². The molecular formula is C47H80O12S. The van der Waals surface area contributed by atoms with E-state index in [2.05, 4.69) is 74.6 Å². The summed E-state index contributed by atoms with van der Waals surface area (Å²) in [6, 6.07) is 0. The highest BCUT2D eigenvalue weighted by Gasteiger charge is 2.46. The summed E-state index contributed by atoms with van der Waals surface area (Å²) >= 11 is 0. The van der Waals surface area contributed by atoms with Crippen LogP contribution in [0.15, 0.2) is 60.8 Å². The molecule has 2 unspecified atom stereocenters. The molecule has 1 rings (SSSR count). The molecule has 0 saturated carbocycles. The van der Waals surface area contributed by atoms with E-state index in [0.717, 1.165) is 70.6 Å². The van der Waals surface area contributed by atoms with Crippen LogP contribution in [0, 0.1) is 0 Å². The van der Waals surface area contributed by atoms with Crippen LogP contribution in [0.5, 0.6) is 0 Å². The number of hydrogen-bond acceptors (Lipinski definition) is 11. The van der Waals surface area contributed by atoms with Gasteiger partial charge < -0.3 is 34.3 Å². The molecule has 60 heavy (non-hydrogen) atoms. The van der Waals surface area contributed by atoms with Crippen molar-refractivity contribution in [3.8, 4) is 0 Å². The van der Waals surface area contributed by atoms with Crippen LogP contribution in [0.3, 0.4) is 0 Å². The predicted molar refractivity (Wildman–Crippen MR) is 238 cm³/mol. The fourth-order valence-corrected chi connectivity index (χ4v) is 7.16. The molecular weight excluding hydrogens is 789 g/mol. The van der Waals surface area contributed by atoms with E-state index >= 15 is 0 Å². The first-order valence-electron chi connectivity index (χ1n) is 22.8. The first kappa shape index (κ1) is 55.4. The zero-order chi connectivity index (χ0) is 44.1. The van der Waals surface area contributed by atoms with Crippen LogP contribution in [0.25, 0.3) is 0 Å². The summed E-state index contributed by atoms with van der Waals surface area (Å²) < 4.78 is 54.0. The van der Waals surface area contributed by atoms with Crippen molar-refractivity contribution in [2.24, 2.45) is 0 Å². The predicted octanol–water partition coefficient (Wildman–Crippen LogP) is 9.34. The van der Waals surface area contributed by atoms with Crippen molar-refractivity contribution < 1.29 is 56.8 Å². The third-order valence-electron chi connectivity index (χ3n) is 10.1. The SMILES string of the molecule is CCC/C=C/C/C=C/C/C=C/C/C=C/CCCCCC(=O)O[C@H](COC(=O)CCCCCCCCCCC/C=C/CCCC)CO[C@H]1O[C@H](CS(=O)(=O)O)[C@@H](O)C(O)C1O. The fourth-order valence-electron chi connectivity index (χ4n) is 6.47. The second-order valence-corrected chi connectivity index (χ2v) is 17.2. The zero-order valence-electron chi connectivity index (χ0n) is 36.8. The van der Waals surface area contributed by atoms with Crippen molar-refractivity contribution in [2.75, 3.05) is 19.0 Å². The first-order chi connectivity index (χ1) is 29.0. The number of ether oxygens (including phenoxy) is 4. The molecule has 0 bridgehead atoms. The fraction of sp³-hybridized carbons (Fsp3) is 0.745. The van der Waals surface area contributed by atoms with Gasteiger partial charge in [-0.25, -0.2) is 0 Å². The molecule has 1 fully saturated rings. The number of carbonyl (C=O) groups excluding carboxylic acids is 2. The summed E-state index contributed by atoms with van der Waals surface area (Å²) in [6.07, 6.45) is 35.4. The normalized spacial score (nSPS) is 20.7. The molecule has 1 aliphatic heterocycles. The first-order valence-corrected chi connectivity index (χ1v) is 24.5. The van der Waals surface area contributed by atoms with Gasteiger partial charge in [-0.05, 0) is 70.6 Å². The maximum Gasteiger partial charge on any atom is 0.306 e. The summed E-state index contributed by atoms with van der Waals surface area (Å²) in [6.45, 7) is 3.63. The molecule has 12 nitrogen and oxygen atoms in total. The monoisotopic (exact) mass is 869 g/mol. The summed E-state index contributed by atoms with van der Waals surface area (Å²) in [5.41, 5.74) is 0. The summed E-state index contributed by atoms with van der Waals surface area (Å²) in [5.74, 6) is -2.03. The lowest BCUT2D eigenvalue weighted by molar-refractivity contribution is -0.297. The Balaban J connectivity index is 2.48. The molecule has 0 amide bonds. The highest BCUT2D eigenvalue weighted by Crippen LogP contribution is 2.24. The smallest absolute Gasteiger partial charge is 0.306 e. The molecule has 1 saturated heterocycles. The number of aliphatic hydroxyl groups excluding tert-OH is 3. The van der Waals surface area contributed by atoms with E-state index in [1.54, 1.807) is 0 Å². The molecule has 0 aromatic heterocycles. The third kappa shape index (κ3) is 31.2. The zero-order valence-corrected chi connectivity index (χ0v) is 37.6. The largest absolute Gasteiger partial charge is 0.462 e. The van der Waals surface area contributed by atoms with E-state index in [1.165, 1.54) is 57.8 Å². The molecule has 1 aliphatic rings. The van der Waals surface area contributed by atoms with Gasteiger partial charge in [0.1, 0.15) is 36.8 Å². The van der Waals surface area contributed by atoms with E-state index < -0.39 is 71.2 Å². The van der Waals surface area contributed by atoms with Gasteiger partial charge in [-0.3, -0.25) is 14.1 Å². The van der Waals surface area contributed by atoms with E-state index in [0.29, 0.717) is 12.8 Å². The van der Waals surface area contributed by atoms with Gasteiger partial charge in [0.2, 0.25) is 0 Å². The van der Waals surface area contributed by atoms with Gasteiger partial charge in [0, 0.05) is 12.8 Å². The number of esters is 2. The highest BCUT2D eigenvalue weighted by molar-refractivity contribution is 7.85. The number of rotatable bonds is 37. The topological polar surface area (TPSA) is 186 Å². The minimum atomic E-state index is -4.61. The lowest BCUT2D eigenvalue weighted by Crippen LogP contribution is -2.60. The van der Waals surface area contributed by atoms with Crippen LogP contribution in [-0.2, 0) is 38.7 Å². The molecule has 0 aliphatic carbocycles. The Morgan fingerprint density at radius 1 is 0.567 bits per heavy atom. The Bertz CT molecular complexity index is 1340. The van der Waals surface area contributed by atoms with Crippen molar-refractivity contribution in [1.29, 1.82) is 0 Å². The van der Waals surface area contributed by atoms with Crippen molar-refractivity contribution in [1.82, 2.24) is 0 Å². The third-order valence-corrected chi connectivity index (χ3v) is 10.8. The van der Waals surface area contributed by atoms with E-state index in [-0.39, 0.29) is 19.4 Å². The van der Waals surface area contributed by atoms with Crippen LogP contribution >= 0.6 is 0 Å². The Morgan fingerprint density at radius 3 is 1.58 bits per heavy atom. The second-order valence-electron chi connectivity index (χ2n) is 15.7. The Hall–Kier alpha value is -2.65. The molecule has 0 aromatic rings. The molecule has 346 valence electrons. The van der Waals surface area contributed by atoms with Gasteiger partial charge in [0.15, 0.2) is 12.4 Å². The standard InChI is InChI=1S/C47H80O12S/c1-3-5-7-9-11-13-15-17-19-20-22-24-26-28-30-32-34-36-43(49)58-40(38-57-47-46(52)45(51)44(50)41(59-47)39-60(53,54)55)37-56-42(48)35-33-31-29-27-25-23-21-18-16-14-12-10-8-6-4-2/h7,9-10,12-13,15,19-20,24,26,40-41,44-47,50-52H,3-6,8,11,14,16-18,21-23,25,27-39H2,1-2H3,(H,53,54,55)/b9-7+,12-10+,15-13+,20-19+,26-24+/t40-,41-,44-,45?,46?,47+/m1/s1. The van der Waals surface area contributed by atoms with Gasteiger partial charge in [-0.2, -0.15) is 8.42 Å². The summed E-state index contributed by atoms with van der Waals surface area (Å²) in [7, 11) is -4.61. The van der Waals surface area contributed by atoms with Gasteiger partial charge in [0.05, 0.1) is 6.61 Å². The second kappa shape index (κ2) is 37.0. The van der Waals surface area contributed by atoms with Crippen LogP contribution < -0.4 is 0 Å². The quantitative estimate of drug-likeness (QED) is 0.0201. The Kier molecular flexibility index (Phi) is 34.1. The van der Waals surface area contributed by atoms with E-state index in [1.807, 2.05) is 0 Å². The van der Waals surface area contributed by atoms with Gasteiger partial charge in [-0.15, -0.1) is 0 Å². The average Bonchev–Trinajstić information content (AvgIpc) is 3.21. The lowest BCUT2D eigenvalue weighted by Gasteiger charge is -2.40. The Morgan fingerprint density at radius 2 is 1.03 bits per heavy atom. The molecule has 6 atom stereocenters. The van der Waals surface area contributed by atoms with Crippen LogP contribution in [0.4, 0.5) is 0 Å². The number of hydrogen-bond donors (Lipinski definition) is 4. The van der Waals surface area contributed by atoms with Gasteiger partial charge in [0.25, 0.3) is 10.1 Å². The number of carbonyl (C=O) groups is 2. The molecule has 0 spiro atoms. The molecule has 0 aromatic carbocycles. The maximum atomic E-state index is 12.8. The van der Waals surface area contributed by atoms with Crippen molar-refractivity contribution in [2.45, 2.75) is 205 Å². The van der Waals surface area contributed by atoms with Crippen LogP contribution in [0.1, 0.15) is 168 Å². The lowest BCUT2D eigenvalue weighted by atomic mass is 10.00. The highest BCUT2D eigenvalue weighted by atomic mass is 32.2. The Labute approximate surface area is 362 Å². The average molecular weight is 869 g/mol. The number of allylic oxidation sites excluding steroid dienone is 10. The van der Waals surface area contributed by atoms with Crippen molar-refractivity contribution in [3.05, 3.63) is 60.8 Å². The molecule has 1 heterocycles. The number of unbranched alkanes of at least 4 members (excludes halogenated alkanes) is 15. The summed E-state index contributed by atoms with van der Waals surface area (Å²) in [5, 5.41) is 30.9. The molecule has 0 radical (unpaired) electrons. The molecule has 13 heteroatoms. The minimum absolute atomic E-state index is 0.124. The van der Waals surface area contributed by atoms with Crippen molar-refractivity contribution >= 4 is 22.1 Å². The van der Waals surface area contributed by atoms with E-state index in [9.17, 15) is 37.9 Å². The van der Waals surface area contributed by atoms with Gasteiger partial charge in [-0.1, -0.05) is 145 Å². The number of aliphatic hydroxyl groups is 3. The van der Waals surface area contributed by atoms with Crippen molar-refractivity contribution in [3.63, 3.8) is 0 Å². The van der Waals surface area contributed by atoms with Crippen LogP contribution in [0.2, 0.25) is 0 Å².